The molecule has 11 rings (SSSR count). The standard InChI is InChI=1S/C28H26FN3O4.C25H27N5O3.C13H11BrFN3O/c1-33-17-24(20-7-11-27(29)31-14-20)23-12-21(15-32-28(23)30)19-6-10-25(26(13-19)35-3)36-16-18-4-8-22(34-2)9-5-18;1-32-23-13-17(2-4-22(23)31)19-12-20-21(16-29-25(20)28-15-19)18-3-5-24(27-14-18)26-6-7-30-8-10-33-11-9-30;1-19-7-11(8-2-3-12(15)17-5-8)10-4-9(14)6-18-13(10)16/h4-15,17H,16H2,1-3H3,(H2,30,32);2-5,12-16,31H,6-11H2,1H3,(H,26,27)(H,28,29);2-7H,1H3,(H2,16,18)/b24-17+;;11-7+. The molecule has 7 aromatic heterocycles. The van der Waals surface area contributed by atoms with Crippen molar-refractivity contribution in [2.75, 3.05) is 91.7 Å². The van der Waals surface area contributed by atoms with Crippen molar-refractivity contribution in [2.24, 2.45) is 0 Å². The highest BCUT2D eigenvalue weighted by Crippen LogP contribution is 2.38. The molecule has 1 saturated heterocycles. The van der Waals surface area contributed by atoms with E-state index >= 15 is 0 Å². The van der Waals surface area contributed by atoms with Crippen molar-refractivity contribution in [3.8, 4) is 62.1 Å². The monoisotopic (exact) mass is 1260 g/mol. The summed E-state index contributed by atoms with van der Waals surface area (Å²) in [6.45, 7) is 5.81. The highest BCUT2D eigenvalue weighted by molar-refractivity contribution is 9.10. The molecule has 0 radical (unpaired) electrons. The third kappa shape index (κ3) is 16.0. The molecule has 0 atom stereocenters. The number of nitrogens with one attached hydrogen (secondary N) is 2. The number of morpholine rings is 1. The normalized spacial score (nSPS) is 12.5. The Labute approximate surface area is 515 Å². The number of aromatic amines is 1. The summed E-state index contributed by atoms with van der Waals surface area (Å²) in [7, 11) is 7.82. The summed E-state index contributed by atoms with van der Waals surface area (Å²) in [5.74, 6) is 2.93. The van der Waals surface area contributed by atoms with E-state index in [4.69, 9.17) is 44.6 Å². The van der Waals surface area contributed by atoms with E-state index < -0.39 is 11.9 Å². The molecule has 1 fully saturated rings. The summed E-state index contributed by atoms with van der Waals surface area (Å²) < 4.78 is 64.8. The minimum Gasteiger partial charge on any atom is -0.504 e. The minimum atomic E-state index is -0.572. The Morgan fingerprint density at radius 2 is 1.23 bits per heavy atom. The van der Waals surface area contributed by atoms with Gasteiger partial charge < -0.3 is 60.0 Å². The highest BCUT2D eigenvalue weighted by Gasteiger charge is 2.18. The molecular weight excluding hydrogens is 1190 g/mol. The Bertz CT molecular complexity index is 4000. The molecule has 1 aliphatic rings. The van der Waals surface area contributed by atoms with Crippen LogP contribution in [0.25, 0.3) is 55.6 Å². The molecule has 88 heavy (non-hydrogen) atoms. The maximum atomic E-state index is 13.4. The summed E-state index contributed by atoms with van der Waals surface area (Å²) in [5, 5.41) is 14.3. The molecule has 0 amide bonds. The van der Waals surface area contributed by atoms with Crippen LogP contribution in [0, 0.1) is 11.9 Å². The summed E-state index contributed by atoms with van der Waals surface area (Å²) >= 11 is 3.34. The zero-order valence-electron chi connectivity index (χ0n) is 48.8. The van der Waals surface area contributed by atoms with Crippen LogP contribution in [-0.2, 0) is 20.8 Å². The molecular formula is C66H64BrF2N11O8. The third-order valence-electron chi connectivity index (χ3n) is 13.9. The molecule has 452 valence electrons. The highest BCUT2D eigenvalue weighted by atomic mass is 79.9. The van der Waals surface area contributed by atoms with Crippen molar-refractivity contribution < 1.29 is 47.0 Å². The second-order valence-electron chi connectivity index (χ2n) is 19.5. The van der Waals surface area contributed by atoms with Crippen molar-refractivity contribution in [2.45, 2.75) is 6.61 Å². The Morgan fingerprint density at radius 1 is 0.625 bits per heavy atom. The van der Waals surface area contributed by atoms with E-state index in [-0.39, 0.29) is 5.75 Å². The average Bonchev–Trinajstić information content (AvgIpc) is 2.41. The van der Waals surface area contributed by atoms with Crippen LogP contribution in [0.4, 0.5) is 26.2 Å². The number of hydrogen-bond acceptors (Lipinski definition) is 18. The van der Waals surface area contributed by atoms with E-state index in [9.17, 15) is 13.9 Å². The number of aromatic nitrogens is 7. The number of H-pyrrole nitrogens is 1. The lowest BCUT2D eigenvalue weighted by atomic mass is 9.97. The van der Waals surface area contributed by atoms with Gasteiger partial charge in [-0.15, -0.1) is 0 Å². The number of methoxy groups -OCH3 is 5. The number of pyridine rings is 6. The molecule has 0 aliphatic carbocycles. The zero-order chi connectivity index (χ0) is 61.9. The fourth-order valence-electron chi connectivity index (χ4n) is 9.33. The second-order valence-corrected chi connectivity index (χ2v) is 20.5. The second kappa shape index (κ2) is 30.3. The molecule has 3 aromatic carbocycles. The van der Waals surface area contributed by atoms with Gasteiger partial charge in [-0.05, 0) is 124 Å². The van der Waals surface area contributed by atoms with Gasteiger partial charge in [0, 0.05) is 135 Å². The first-order chi connectivity index (χ1) is 42.8. The van der Waals surface area contributed by atoms with Crippen LogP contribution < -0.4 is 35.7 Å². The quantitative estimate of drug-likeness (QED) is 0.0373. The molecule has 1 aliphatic heterocycles. The first-order valence-corrected chi connectivity index (χ1v) is 28.3. The predicted octanol–water partition coefficient (Wildman–Crippen LogP) is 12.2. The summed E-state index contributed by atoms with van der Waals surface area (Å²) in [6, 6.07) is 34.3. The Morgan fingerprint density at radius 3 is 1.84 bits per heavy atom. The molecule has 8 heterocycles. The fraction of sp³-hybridized carbons (Fsp3) is 0.182. The fourth-order valence-corrected chi connectivity index (χ4v) is 9.66. The maximum Gasteiger partial charge on any atom is 0.212 e. The van der Waals surface area contributed by atoms with Gasteiger partial charge in [-0.2, -0.15) is 8.78 Å². The van der Waals surface area contributed by atoms with Crippen molar-refractivity contribution in [3.05, 3.63) is 215 Å². The molecule has 19 nitrogen and oxygen atoms in total. The van der Waals surface area contributed by atoms with Crippen molar-refractivity contribution >= 4 is 55.6 Å². The minimum absolute atomic E-state index is 0.113. The van der Waals surface area contributed by atoms with E-state index in [1.165, 1.54) is 51.3 Å². The summed E-state index contributed by atoms with van der Waals surface area (Å²) in [5.41, 5.74) is 23.4. The Hall–Kier alpha value is -10.2. The lowest BCUT2D eigenvalue weighted by Gasteiger charge is -2.26. The molecule has 10 aromatic rings. The van der Waals surface area contributed by atoms with Gasteiger partial charge in [-0.1, -0.05) is 24.3 Å². The number of fused-ring (bicyclic) bond motifs is 1. The van der Waals surface area contributed by atoms with Crippen LogP contribution in [-0.4, -0.2) is 120 Å². The molecule has 0 unspecified atom stereocenters. The summed E-state index contributed by atoms with van der Waals surface area (Å²) in [6.07, 6.45) is 14.8. The molecule has 22 heteroatoms. The van der Waals surface area contributed by atoms with Crippen molar-refractivity contribution in [3.63, 3.8) is 0 Å². The smallest absolute Gasteiger partial charge is 0.212 e. The van der Waals surface area contributed by atoms with E-state index in [0.717, 1.165) is 105 Å². The number of nitrogen functional groups attached to an aromatic ring is 2. The molecule has 7 N–H and O–H groups in total. The van der Waals surface area contributed by atoms with Gasteiger partial charge in [0.15, 0.2) is 23.0 Å². The molecule has 0 saturated carbocycles. The number of benzene rings is 3. The van der Waals surface area contributed by atoms with Gasteiger partial charge in [0.25, 0.3) is 0 Å². The Balaban J connectivity index is 0.000000164. The average molecular weight is 1260 g/mol. The number of ether oxygens (including phenoxy) is 7. The number of hydrogen-bond donors (Lipinski definition) is 5. The molecule has 0 spiro atoms. The number of nitrogens with zero attached hydrogens (tertiary/aromatic N) is 7. The van der Waals surface area contributed by atoms with Gasteiger partial charge in [0.2, 0.25) is 11.9 Å². The number of halogens is 3. The third-order valence-corrected chi connectivity index (χ3v) is 14.4. The SMILES string of the molecule is CO/C=C(\c1ccc(F)nc1)c1cc(-c2ccc(OCc3ccc(OC)cc3)c(OC)c2)cnc1N.CO/C=C(\c1ccc(F)nc1)c1cc(Br)cnc1N.COc1cc(-c2cnc3[nH]cc(-c4ccc(NCCN5CCOCC5)nc4)c3c2)ccc1O. The van der Waals surface area contributed by atoms with Crippen LogP contribution in [0.1, 0.15) is 27.8 Å². The molecule has 0 bridgehead atoms. The van der Waals surface area contributed by atoms with Gasteiger partial charge in [-0.3, -0.25) is 4.90 Å². The van der Waals surface area contributed by atoms with Crippen LogP contribution in [0.2, 0.25) is 0 Å². The van der Waals surface area contributed by atoms with Crippen LogP contribution >= 0.6 is 15.9 Å². The van der Waals surface area contributed by atoms with Crippen LogP contribution in [0.3, 0.4) is 0 Å². The lowest BCUT2D eigenvalue weighted by Crippen LogP contribution is -2.39. The van der Waals surface area contributed by atoms with E-state index in [1.54, 1.807) is 51.9 Å². The number of phenolic OH excluding ortho intramolecular Hbond substituents is 1. The van der Waals surface area contributed by atoms with Gasteiger partial charge >= 0.3 is 0 Å². The number of anilines is 3. The number of phenols is 1. The van der Waals surface area contributed by atoms with Crippen LogP contribution in [0.15, 0.2) is 176 Å². The maximum absolute atomic E-state index is 13.4. The topological polar surface area (TPSA) is 245 Å². The lowest BCUT2D eigenvalue weighted by molar-refractivity contribution is 0.0398. The Kier molecular flexibility index (Phi) is 21.5. The number of aromatic hydroxyl groups is 1. The van der Waals surface area contributed by atoms with Gasteiger partial charge in [-0.25, -0.2) is 29.9 Å². The summed E-state index contributed by atoms with van der Waals surface area (Å²) in [4.78, 5) is 30.6. The van der Waals surface area contributed by atoms with E-state index in [1.807, 2.05) is 91.4 Å². The van der Waals surface area contributed by atoms with Crippen molar-refractivity contribution in [1.29, 1.82) is 0 Å². The number of rotatable bonds is 19. The van der Waals surface area contributed by atoms with Gasteiger partial charge in [0.05, 0.1) is 61.3 Å². The largest absolute Gasteiger partial charge is 0.504 e. The predicted molar refractivity (Wildman–Crippen MR) is 340 cm³/mol. The van der Waals surface area contributed by atoms with E-state index in [2.05, 4.69) is 73.2 Å². The van der Waals surface area contributed by atoms with Crippen LogP contribution in [0.5, 0.6) is 28.7 Å². The van der Waals surface area contributed by atoms with E-state index in [0.29, 0.717) is 68.9 Å². The first-order valence-electron chi connectivity index (χ1n) is 27.5. The first kappa shape index (κ1) is 62.4. The zero-order valence-corrected chi connectivity index (χ0v) is 50.4. The van der Waals surface area contributed by atoms with Crippen molar-refractivity contribution in [1.82, 2.24) is 39.8 Å². The van der Waals surface area contributed by atoms with Gasteiger partial charge in [0.1, 0.15) is 35.5 Å². The number of nitrogens with two attached hydrogens (primary N) is 2.